The molecule has 4 heterocycles. The number of fused-ring (bicyclic) bond motifs is 2. The van der Waals surface area contributed by atoms with Gasteiger partial charge in [-0.2, -0.15) is 0 Å². The lowest BCUT2D eigenvalue weighted by atomic mass is 10.0. The van der Waals surface area contributed by atoms with E-state index in [2.05, 4.69) is 71.7 Å². The third-order valence-corrected chi connectivity index (χ3v) is 22.4. The van der Waals surface area contributed by atoms with E-state index in [-0.39, 0.29) is 0 Å². The Hall–Kier alpha value is -1.04. The first-order valence-corrected chi connectivity index (χ1v) is 37.9. The molecule has 0 saturated heterocycles. The molecule has 0 spiro atoms. The zero-order valence-corrected chi connectivity index (χ0v) is 56.6. The van der Waals surface area contributed by atoms with E-state index in [1.807, 2.05) is 22.7 Å². The van der Waals surface area contributed by atoms with Gasteiger partial charge in [-0.3, -0.25) is 0 Å². The smallest absolute Gasteiger partial charge is 0.146 e. The van der Waals surface area contributed by atoms with Crippen LogP contribution in [0.4, 0.5) is 0 Å². The van der Waals surface area contributed by atoms with Crippen molar-refractivity contribution in [2.24, 2.45) is 0 Å². The summed E-state index contributed by atoms with van der Waals surface area (Å²) in [4.78, 5) is 13.1. The molecule has 10 heteroatoms. The molecule has 0 aliphatic heterocycles. The molecule has 0 aliphatic rings. The van der Waals surface area contributed by atoms with Crippen LogP contribution in [0.5, 0.6) is 11.5 Å². The maximum Gasteiger partial charge on any atom is 0.146 e. The Morgan fingerprint density at radius 1 is 0.321 bits per heavy atom. The number of thiophene rings is 2. The highest BCUT2D eigenvalue weighted by molar-refractivity contribution is 9.11. The minimum Gasteiger partial charge on any atom is -0.491 e. The highest BCUT2D eigenvalue weighted by atomic mass is 79.9. The molecule has 0 atom stereocenters. The number of thiazole rings is 2. The zero-order valence-electron chi connectivity index (χ0n) is 50.2. The summed E-state index contributed by atoms with van der Waals surface area (Å²) in [5.74, 6) is 2.06. The molecule has 0 amide bonds. The van der Waals surface area contributed by atoms with Crippen LogP contribution in [0.25, 0.3) is 39.9 Å². The normalized spacial score (nSPS) is 11.9. The van der Waals surface area contributed by atoms with Crippen LogP contribution in [-0.4, -0.2) is 23.2 Å². The predicted octanol–water partition coefficient (Wildman–Crippen LogP) is 27.0. The van der Waals surface area contributed by atoms with Crippen LogP contribution in [0, 0.1) is 0 Å². The standard InChI is InChI=1S/C68H110Br2N2O2S4/c1-5-9-13-17-21-25-29-31-33-37-41-45-49-57-65(69)77-67(71-57)59-53-55-61(73-51-47-43-39-35-27-23-19-15-11-7-3)64-56(62(63(55)75-59)74-52-48-44-40-36-28-24-20-16-12-8-4)54-60(76-64)68-72-58(66(70)78-68)50-46-42-38-34-32-30-26-22-18-14-10-6-2/h53-54H,5-52H2,1-4H3. The molecule has 5 aromatic rings. The van der Waals surface area contributed by atoms with Crippen molar-refractivity contribution in [3.63, 3.8) is 0 Å². The number of hydrogen-bond donors (Lipinski definition) is 0. The van der Waals surface area contributed by atoms with E-state index in [9.17, 15) is 0 Å². The molecule has 0 N–H and O–H groups in total. The Morgan fingerprint density at radius 3 is 0.833 bits per heavy atom. The number of aromatic nitrogens is 2. The number of rotatable bonds is 52. The number of hydrogen-bond acceptors (Lipinski definition) is 8. The van der Waals surface area contributed by atoms with Gasteiger partial charge >= 0.3 is 0 Å². The van der Waals surface area contributed by atoms with Crippen molar-refractivity contribution < 1.29 is 9.47 Å². The third kappa shape index (κ3) is 26.3. The van der Waals surface area contributed by atoms with E-state index in [4.69, 9.17) is 19.4 Å². The Morgan fingerprint density at radius 2 is 0.564 bits per heavy atom. The number of benzene rings is 1. The van der Waals surface area contributed by atoms with E-state index in [1.165, 1.54) is 319 Å². The van der Waals surface area contributed by atoms with E-state index < -0.39 is 0 Å². The molecule has 442 valence electrons. The van der Waals surface area contributed by atoms with Gasteiger partial charge in [0.1, 0.15) is 21.5 Å². The summed E-state index contributed by atoms with van der Waals surface area (Å²) >= 11 is 15.3. The minimum atomic E-state index is 0.732. The van der Waals surface area contributed by atoms with Crippen LogP contribution < -0.4 is 9.47 Å². The van der Waals surface area contributed by atoms with Gasteiger partial charge in [0.15, 0.2) is 0 Å². The predicted molar refractivity (Wildman–Crippen MR) is 359 cm³/mol. The first-order valence-electron chi connectivity index (χ1n) is 33.1. The molecule has 4 aromatic heterocycles. The van der Waals surface area contributed by atoms with Crippen molar-refractivity contribution in [2.45, 2.75) is 323 Å². The van der Waals surface area contributed by atoms with Gasteiger partial charge in [-0.05, 0) is 82.5 Å². The molecule has 0 radical (unpaired) electrons. The fraction of sp³-hybridized carbons (Fsp3) is 0.765. The molecule has 0 bridgehead atoms. The second kappa shape index (κ2) is 43.6. The molecule has 0 unspecified atom stereocenters. The van der Waals surface area contributed by atoms with Crippen LogP contribution in [0.3, 0.4) is 0 Å². The summed E-state index contributed by atoms with van der Waals surface area (Å²) in [6.07, 6.45) is 61.2. The van der Waals surface area contributed by atoms with Crippen LogP contribution in [0.15, 0.2) is 19.7 Å². The molecule has 0 aliphatic carbocycles. The molecule has 4 nitrogen and oxygen atoms in total. The third-order valence-electron chi connectivity index (χ3n) is 16.1. The SMILES string of the molecule is CCCCCCCCCCCCCCc1nc(-c2cc3c(OCCCCCCCCCCCC)c4sc(-c5nc(CCCCCCCCCCCCCC)c(Br)s5)cc4c(OCCCCCCCCCCCC)c3s2)sc1Br. The summed E-state index contributed by atoms with van der Waals surface area (Å²) < 4.78 is 19.0. The van der Waals surface area contributed by atoms with Crippen molar-refractivity contribution in [3.8, 4) is 31.3 Å². The van der Waals surface area contributed by atoms with Gasteiger partial charge < -0.3 is 9.47 Å². The average molecular weight is 1280 g/mol. The number of nitrogens with zero attached hydrogens (tertiary/aromatic N) is 2. The van der Waals surface area contributed by atoms with Gasteiger partial charge in [-0.15, -0.1) is 45.3 Å². The molecule has 0 saturated carbocycles. The average Bonchev–Trinajstić information content (AvgIpc) is 4.42. The quantitative estimate of drug-likeness (QED) is 0.0364. The van der Waals surface area contributed by atoms with Gasteiger partial charge in [-0.25, -0.2) is 9.97 Å². The van der Waals surface area contributed by atoms with Crippen LogP contribution in [-0.2, 0) is 12.8 Å². The number of unbranched alkanes of at least 4 members (excludes halogenated alkanes) is 40. The summed E-state index contributed by atoms with van der Waals surface area (Å²) in [6, 6.07) is 4.79. The molecule has 0 fully saturated rings. The Labute approximate surface area is 511 Å². The first-order chi connectivity index (χ1) is 38.5. The summed E-state index contributed by atoms with van der Waals surface area (Å²) in [6.45, 7) is 10.7. The highest BCUT2D eigenvalue weighted by Crippen LogP contribution is 2.54. The van der Waals surface area contributed by atoms with Crippen LogP contribution in [0.1, 0.15) is 322 Å². The second-order valence-corrected chi connectivity index (χ2v) is 29.9. The van der Waals surface area contributed by atoms with E-state index in [1.54, 1.807) is 22.7 Å². The maximum atomic E-state index is 7.09. The maximum absolute atomic E-state index is 7.09. The van der Waals surface area contributed by atoms with Gasteiger partial charge in [0.05, 0.1) is 51.3 Å². The van der Waals surface area contributed by atoms with Crippen LogP contribution >= 0.6 is 77.2 Å². The minimum absolute atomic E-state index is 0.732. The number of aryl methyl sites for hydroxylation is 2. The van der Waals surface area contributed by atoms with E-state index in [0.29, 0.717) is 0 Å². The zero-order chi connectivity index (χ0) is 55.1. The van der Waals surface area contributed by atoms with Gasteiger partial charge in [0, 0.05) is 10.8 Å². The first kappa shape index (κ1) is 67.7. The molecule has 5 rings (SSSR count). The summed E-state index contributed by atoms with van der Waals surface area (Å²) in [5, 5.41) is 4.58. The largest absolute Gasteiger partial charge is 0.491 e. The van der Waals surface area contributed by atoms with E-state index >= 15 is 0 Å². The lowest BCUT2D eigenvalue weighted by Gasteiger charge is -2.14. The fourth-order valence-corrected chi connectivity index (χ4v) is 16.8. The Bertz CT molecular complexity index is 2050. The van der Waals surface area contributed by atoms with Crippen molar-refractivity contribution in [2.75, 3.05) is 13.2 Å². The lowest BCUT2D eigenvalue weighted by Crippen LogP contribution is -2.00. The molecule has 1 aromatic carbocycles. The van der Waals surface area contributed by atoms with Gasteiger partial charge in [0.25, 0.3) is 0 Å². The monoisotopic (exact) mass is 1270 g/mol. The van der Waals surface area contributed by atoms with Gasteiger partial charge in [0.2, 0.25) is 0 Å². The number of ether oxygens (including phenoxy) is 2. The summed E-state index contributed by atoms with van der Waals surface area (Å²) in [7, 11) is 0. The number of halogens is 2. The Balaban J connectivity index is 1.31. The molecular weight excluding hydrogens is 1160 g/mol. The molecular formula is C68H110Br2N2O2S4. The topological polar surface area (TPSA) is 44.2 Å². The molecule has 78 heavy (non-hydrogen) atoms. The summed E-state index contributed by atoms with van der Waals surface area (Å²) in [5.41, 5.74) is 2.43. The highest BCUT2D eigenvalue weighted by Gasteiger charge is 2.25. The van der Waals surface area contributed by atoms with Crippen molar-refractivity contribution in [1.82, 2.24) is 9.97 Å². The second-order valence-electron chi connectivity index (χ2n) is 23.2. The van der Waals surface area contributed by atoms with Crippen LogP contribution in [0.2, 0.25) is 0 Å². The Kier molecular flexibility index (Phi) is 37.9. The van der Waals surface area contributed by atoms with Crippen molar-refractivity contribution >= 4 is 97.4 Å². The van der Waals surface area contributed by atoms with Gasteiger partial charge in [-0.1, -0.05) is 285 Å². The lowest BCUT2D eigenvalue weighted by molar-refractivity contribution is 0.307. The fourth-order valence-electron chi connectivity index (χ4n) is 11.2. The van der Waals surface area contributed by atoms with Crippen molar-refractivity contribution in [3.05, 3.63) is 31.1 Å². The van der Waals surface area contributed by atoms with Crippen molar-refractivity contribution in [1.29, 1.82) is 0 Å². The van der Waals surface area contributed by atoms with E-state index in [0.717, 1.165) is 60.4 Å².